The molecule has 68 valence electrons. The molecule has 3 heteroatoms. The van der Waals surface area contributed by atoms with Crippen molar-refractivity contribution in [1.82, 2.24) is 0 Å². The van der Waals surface area contributed by atoms with E-state index in [1.807, 2.05) is 42.5 Å². The molecule has 0 aromatic heterocycles. The third-order valence-electron chi connectivity index (χ3n) is 2.01. The van der Waals surface area contributed by atoms with E-state index in [1.54, 1.807) is 0 Å². The maximum Gasteiger partial charge on any atom is 0.133 e. The lowest BCUT2D eigenvalue weighted by molar-refractivity contribution is 0.464. The number of hydrogen-bond donors (Lipinski definition) is 1. The Morgan fingerprint density at radius 1 is 1.62 bits per heavy atom. The fourth-order valence-electron chi connectivity index (χ4n) is 1.24. The van der Waals surface area contributed by atoms with Crippen LogP contribution in [0.2, 0.25) is 0 Å². The highest BCUT2D eigenvalue weighted by Crippen LogP contribution is 2.30. The molecule has 1 aromatic carbocycles. The first-order valence-corrected chi connectivity index (χ1v) is 5.10. The Labute approximate surface area is 91.3 Å². The molecule has 0 aliphatic rings. The Morgan fingerprint density at radius 3 is 2.69 bits per heavy atom. The van der Waals surface area contributed by atoms with Gasteiger partial charge < -0.3 is 5.11 Å². The van der Waals surface area contributed by atoms with Gasteiger partial charge in [0.15, 0.2) is 0 Å². The summed E-state index contributed by atoms with van der Waals surface area (Å²) in [6, 6.07) is 3.96. The molecule has 1 rings (SSSR count). The fraction of sp³-hybridized carbons (Fsp3) is 0.300. The van der Waals surface area contributed by atoms with Gasteiger partial charge in [0, 0.05) is 0 Å². The predicted molar refractivity (Wildman–Crippen MR) is 59.7 cm³/mol. The topological polar surface area (TPSA) is 44.0 Å². The summed E-state index contributed by atoms with van der Waals surface area (Å²) in [5, 5.41) is 18.5. The summed E-state index contributed by atoms with van der Waals surface area (Å²) in [4.78, 5) is 0. The van der Waals surface area contributed by atoms with Gasteiger partial charge in [0.2, 0.25) is 0 Å². The normalized spacial score (nSPS) is 9.69. The van der Waals surface area contributed by atoms with Gasteiger partial charge in [-0.25, -0.2) is 0 Å². The first-order valence-electron chi connectivity index (χ1n) is 4.02. The number of nitriles is 1. The molecule has 0 atom stereocenters. The first kappa shape index (κ1) is 10.3. The van der Waals surface area contributed by atoms with E-state index in [2.05, 4.69) is 6.07 Å². The van der Waals surface area contributed by atoms with Crippen molar-refractivity contribution >= 4 is 22.6 Å². The SMILES string of the molecule is CCc1cc(C)c(C#N)c(I)c1O. The molecule has 0 aliphatic carbocycles. The number of phenols is 1. The molecule has 0 amide bonds. The maximum atomic E-state index is 9.68. The summed E-state index contributed by atoms with van der Waals surface area (Å²) < 4.78 is 0.664. The van der Waals surface area contributed by atoms with Crippen LogP contribution in [-0.2, 0) is 6.42 Å². The molecule has 0 fully saturated rings. The minimum atomic E-state index is 0.255. The summed E-state index contributed by atoms with van der Waals surface area (Å²) in [7, 11) is 0. The molecular weight excluding hydrogens is 277 g/mol. The molecule has 13 heavy (non-hydrogen) atoms. The van der Waals surface area contributed by atoms with Crippen molar-refractivity contribution in [3.63, 3.8) is 0 Å². The van der Waals surface area contributed by atoms with E-state index in [0.717, 1.165) is 17.5 Å². The lowest BCUT2D eigenvalue weighted by Crippen LogP contribution is -1.93. The number of rotatable bonds is 1. The zero-order chi connectivity index (χ0) is 10.0. The Balaban J connectivity index is 3.48. The van der Waals surface area contributed by atoms with Gasteiger partial charge in [-0.2, -0.15) is 5.26 Å². The molecule has 1 N–H and O–H groups in total. The monoisotopic (exact) mass is 287 g/mol. The average molecular weight is 287 g/mol. The van der Waals surface area contributed by atoms with Gasteiger partial charge in [-0.3, -0.25) is 0 Å². The number of aryl methyl sites for hydroxylation is 2. The van der Waals surface area contributed by atoms with Crippen LogP contribution in [0.5, 0.6) is 5.75 Å². The summed E-state index contributed by atoms with van der Waals surface area (Å²) in [5.74, 6) is 0.255. The van der Waals surface area contributed by atoms with E-state index in [-0.39, 0.29) is 5.75 Å². The Kier molecular flexibility index (Phi) is 3.15. The van der Waals surface area contributed by atoms with Gasteiger partial charge in [-0.1, -0.05) is 13.0 Å². The fourth-order valence-corrected chi connectivity index (χ4v) is 2.13. The number of nitrogens with zero attached hydrogens (tertiary/aromatic N) is 1. The minimum Gasteiger partial charge on any atom is -0.507 e. The molecule has 1 aromatic rings. The molecule has 0 spiro atoms. The highest BCUT2D eigenvalue weighted by molar-refractivity contribution is 14.1. The smallest absolute Gasteiger partial charge is 0.133 e. The van der Waals surface area contributed by atoms with Gasteiger partial charge in [-0.05, 0) is 47.1 Å². The number of aromatic hydroxyl groups is 1. The van der Waals surface area contributed by atoms with Crippen LogP contribution >= 0.6 is 22.6 Å². The highest BCUT2D eigenvalue weighted by Gasteiger charge is 2.11. The summed E-state index contributed by atoms with van der Waals surface area (Å²) in [6.07, 6.45) is 0.786. The number of benzene rings is 1. The first-order chi connectivity index (χ1) is 6.11. The Morgan fingerprint density at radius 2 is 2.23 bits per heavy atom. The molecule has 0 bridgehead atoms. The zero-order valence-corrected chi connectivity index (χ0v) is 9.71. The molecule has 0 radical (unpaired) electrons. The minimum absolute atomic E-state index is 0.255. The van der Waals surface area contributed by atoms with E-state index in [0.29, 0.717) is 9.13 Å². The van der Waals surface area contributed by atoms with Crippen molar-refractivity contribution in [3.8, 4) is 11.8 Å². The van der Waals surface area contributed by atoms with Crippen molar-refractivity contribution in [2.24, 2.45) is 0 Å². The molecule has 0 saturated heterocycles. The molecule has 0 unspecified atom stereocenters. The van der Waals surface area contributed by atoms with Gasteiger partial charge in [0.25, 0.3) is 0 Å². The average Bonchev–Trinajstić information content (AvgIpc) is 2.12. The number of phenolic OH excluding ortho intramolecular Hbond substituents is 1. The molecule has 0 aliphatic heterocycles. The van der Waals surface area contributed by atoms with E-state index >= 15 is 0 Å². The standard InChI is InChI=1S/C10H10INO/c1-3-7-4-6(2)8(5-12)9(11)10(7)13/h4,13H,3H2,1-2H3. The van der Waals surface area contributed by atoms with Crippen LogP contribution in [0.25, 0.3) is 0 Å². The number of halogens is 1. The van der Waals surface area contributed by atoms with Crippen molar-refractivity contribution in [2.75, 3.05) is 0 Å². The van der Waals surface area contributed by atoms with Gasteiger partial charge in [0.1, 0.15) is 11.8 Å². The second-order valence-corrected chi connectivity index (χ2v) is 3.93. The van der Waals surface area contributed by atoms with Crippen LogP contribution in [0, 0.1) is 21.8 Å². The van der Waals surface area contributed by atoms with E-state index in [4.69, 9.17) is 5.26 Å². The van der Waals surface area contributed by atoms with E-state index in [9.17, 15) is 5.11 Å². The van der Waals surface area contributed by atoms with Gasteiger partial charge in [0.05, 0.1) is 9.13 Å². The Bertz CT molecular complexity index is 379. The molecule has 0 heterocycles. The molecule has 2 nitrogen and oxygen atoms in total. The maximum absolute atomic E-state index is 9.68. The molecule has 0 saturated carbocycles. The lowest BCUT2D eigenvalue weighted by atomic mass is 10.0. The zero-order valence-electron chi connectivity index (χ0n) is 7.56. The van der Waals surface area contributed by atoms with Crippen LogP contribution in [-0.4, -0.2) is 5.11 Å². The van der Waals surface area contributed by atoms with Crippen LogP contribution in [0.3, 0.4) is 0 Å². The van der Waals surface area contributed by atoms with Crippen molar-refractivity contribution in [2.45, 2.75) is 20.3 Å². The van der Waals surface area contributed by atoms with Crippen molar-refractivity contribution in [1.29, 1.82) is 5.26 Å². The Hall–Kier alpha value is -0.760. The lowest BCUT2D eigenvalue weighted by Gasteiger charge is -2.08. The largest absolute Gasteiger partial charge is 0.507 e. The highest BCUT2D eigenvalue weighted by atomic mass is 127. The van der Waals surface area contributed by atoms with Gasteiger partial charge >= 0.3 is 0 Å². The van der Waals surface area contributed by atoms with Crippen LogP contribution in [0.1, 0.15) is 23.6 Å². The summed E-state index contributed by atoms with van der Waals surface area (Å²) in [6.45, 7) is 3.87. The quantitative estimate of drug-likeness (QED) is 0.807. The number of hydrogen-bond acceptors (Lipinski definition) is 2. The van der Waals surface area contributed by atoms with E-state index < -0.39 is 0 Å². The van der Waals surface area contributed by atoms with Gasteiger partial charge in [-0.15, -0.1) is 0 Å². The van der Waals surface area contributed by atoms with Crippen LogP contribution < -0.4 is 0 Å². The second-order valence-electron chi connectivity index (χ2n) is 2.86. The third-order valence-corrected chi connectivity index (χ3v) is 3.06. The van der Waals surface area contributed by atoms with Crippen LogP contribution in [0.15, 0.2) is 6.07 Å². The molecular formula is C10H10INO. The summed E-state index contributed by atoms with van der Waals surface area (Å²) >= 11 is 2.01. The third kappa shape index (κ3) is 1.78. The summed E-state index contributed by atoms with van der Waals surface area (Å²) in [5.41, 5.74) is 2.41. The second kappa shape index (κ2) is 3.97. The van der Waals surface area contributed by atoms with Crippen LogP contribution in [0.4, 0.5) is 0 Å². The predicted octanol–water partition coefficient (Wildman–Crippen LogP) is 2.74. The van der Waals surface area contributed by atoms with E-state index in [1.165, 1.54) is 0 Å². The van der Waals surface area contributed by atoms with Crippen molar-refractivity contribution in [3.05, 3.63) is 26.3 Å². The van der Waals surface area contributed by atoms with Crippen molar-refractivity contribution < 1.29 is 5.11 Å².